The van der Waals surface area contributed by atoms with Crippen LogP contribution in [-0.4, -0.2) is 30.6 Å². The van der Waals surface area contributed by atoms with Crippen LogP contribution in [0.15, 0.2) is 53.6 Å². The number of carbonyl (C=O) groups is 3. The van der Waals surface area contributed by atoms with Crippen molar-refractivity contribution in [1.29, 1.82) is 0 Å². The van der Waals surface area contributed by atoms with Crippen LogP contribution in [0.5, 0.6) is 5.75 Å². The summed E-state index contributed by atoms with van der Waals surface area (Å²) in [6, 6.07) is 15.3. The molecule has 1 heterocycles. The fraction of sp³-hybridized carbons (Fsp3) is 0.310. The zero-order chi connectivity index (χ0) is 27.1. The SMILES string of the molecule is CCOC(=O)c1c(NC(=O)C(=O)NN=Cc2ccc(OCc3ccc(C)cc3)cc2)sc2c1CCC(C)C2. The first-order chi connectivity index (χ1) is 18.3. The van der Waals surface area contributed by atoms with Crippen LogP contribution in [-0.2, 0) is 33.8 Å². The van der Waals surface area contributed by atoms with Crippen LogP contribution in [0.1, 0.15) is 57.8 Å². The molecule has 9 heteroatoms. The predicted molar refractivity (Wildman–Crippen MR) is 148 cm³/mol. The van der Waals surface area contributed by atoms with Crippen molar-refractivity contribution in [2.75, 3.05) is 11.9 Å². The Labute approximate surface area is 226 Å². The number of ether oxygens (including phenoxy) is 2. The lowest BCUT2D eigenvalue weighted by Crippen LogP contribution is -2.32. The maximum absolute atomic E-state index is 12.6. The summed E-state index contributed by atoms with van der Waals surface area (Å²) >= 11 is 1.33. The van der Waals surface area contributed by atoms with E-state index in [2.05, 4.69) is 22.8 Å². The Hall–Kier alpha value is -3.98. The lowest BCUT2D eigenvalue weighted by molar-refractivity contribution is -0.136. The number of rotatable bonds is 8. The van der Waals surface area contributed by atoms with Gasteiger partial charge in [0.05, 0.1) is 18.4 Å². The van der Waals surface area contributed by atoms with Gasteiger partial charge in [0.2, 0.25) is 0 Å². The van der Waals surface area contributed by atoms with Gasteiger partial charge in [0.25, 0.3) is 0 Å². The second-order valence-corrected chi connectivity index (χ2v) is 10.4. The number of nitrogens with zero attached hydrogens (tertiary/aromatic N) is 1. The van der Waals surface area contributed by atoms with Crippen LogP contribution in [0.3, 0.4) is 0 Å². The Kier molecular flexibility index (Phi) is 8.91. The van der Waals surface area contributed by atoms with Gasteiger partial charge in [0.15, 0.2) is 0 Å². The number of benzene rings is 2. The maximum atomic E-state index is 12.6. The van der Waals surface area contributed by atoms with E-state index in [0.717, 1.165) is 40.8 Å². The average molecular weight is 534 g/mol. The molecule has 1 aliphatic rings. The first-order valence-electron chi connectivity index (χ1n) is 12.6. The number of hydrazone groups is 1. The van der Waals surface area contributed by atoms with Crippen LogP contribution >= 0.6 is 11.3 Å². The highest BCUT2D eigenvalue weighted by Gasteiger charge is 2.30. The molecule has 0 saturated heterocycles. The van der Waals surface area contributed by atoms with E-state index in [4.69, 9.17) is 9.47 Å². The minimum atomic E-state index is -0.936. The molecular weight excluding hydrogens is 502 g/mol. The molecule has 38 heavy (non-hydrogen) atoms. The molecule has 4 rings (SSSR count). The third-order valence-electron chi connectivity index (χ3n) is 6.21. The van der Waals surface area contributed by atoms with Crippen molar-refractivity contribution < 1.29 is 23.9 Å². The zero-order valence-corrected chi connectivity index (χ0v) is 22.5. The van der Waals surface area contributed by atoms with E-state index in [0.29, 0.717) is 28.8 Å². The smallest absolute Gasteiger partial charge is 0.341 e. The number of aryl methyl sites for hydroxylation is 1. The number of hydrogen-bond acceptors (Lipinski definition) is 7. The topological polar surface area (TPSA) is 106 Å². The van der Waals surface area contributed by atoms with Gasteiger partial charge in [-0.05, 0) is 80.0 Å². The molecule has 2 amide bonds. The van der Waals surface area contributed by atoms with Crippen molar-refractivity contribution in [2.24, 2.45) is 11.0 Å². The van der Waals surface area contributed by atoms with Crippen LogP contribution in [0.2, 0.25) is 0 Å². The molecule has 1 aliphatic carbocycles. The Morgan fingerprint density at radius 1 is 1.08 bits per heavy atom. The van der Waals surface area contributed by atoms with Crippen LogP contribution in [0.4, 0.5) is 5.00 Å². The molecule has 0 radical (unpaired) electrons. The third kappa shape index (κ3) is 6.86. The van der Waals surface area contributed by atoms with Gasteiger partial charge in [-0.15, -0.1) is 11.3 Å². The van der Waals surface area contributed by atoms with Gasteiger partial charge in [-0.25, -0.2) is 10.2 Å². The normalized spacial score (nSPS) is 14.6. The number of anilines is 1. The Morgan fingerprint density at radius 2 is 1.82 bits per heavy atom. The molecule has 198 valence electrons. The molecule has 0 spiro atoms. The van der Waals surface area contributed by atoms with Crippen molar-refractivity contribution >= 4 is 40.3 Å². The van der Waals surface area contributed by atoms with E-state index in [1.54, 1.807) is 31.2 Å². The number of fused-ring (bicyclic) bond motifs is 1. The van der Waals surface area contributed by atoms with E-state index >= 15 is 0 Å². The molecule has 1 atom stereocenters. The third-order valence-corrected chi connectivity index (χ3v) is 7.38. The molecule has 8 nitrogen and oxygen atoms in total. The fourth-order valence-electron chi connectivity index (χ4n) is 4.14. The number of amides is 2. The monoisotopic (exact) mass is 533 g/mol. The van der Waals surface area contributed by atoms with E-state index in [1.165, 1.54) is 23.1 Å². The molecule has 0 bridgehead atoms. The standard InChI is InChI=1S/C29H31N3O5S/c1-4-36-29(35)25-23-14-7-19(3)15-24(23)38-28(25)31-26(33)27(34)32-30-16-20-10-12-22(13-11-20)37-17-21-8-5-18(2)6-9-21/h5-6,8-13,16,19H,4,7,14-15,17H2,1-3H3,(H,31,33)(H,32,34). The van der Waals surface area contributed by atoms with E-state index < -0.39 is 17.8 Å². The zero-order valence-electron chi connectivity index (χ0n) is 21.7. The summed E-state index contributed by atoms with van der Waals surface area (Å²) in [7, 11) is 0. The number of esters is 1. The number of nitrogens with one attached hydrogen (secondary N) is 2. The van der Waals surface area contributed by atoms with Crippen molar-refractivity contribution in [1.82, 2.24) is 5.43 Å². The molecule has 1 unspecified atom stereocenters. The fourth-order valence-corrected chi connectivity index (χ4v) is 5.53. The maximum Gasteiger partial charge on any atom is 0.341 e. The Morgan fingerprint density at radius 3 is 2.53 bits per heavy atom. The molecule has 2 N–H and O–H groups in total. The molecule has 0 fully saturated rings. The highest BCUT2D eigenvalue weighted by molar-refractivity contribution is 7.17. The summed E-state index contributed by atoms with van der Waals surface area (Å²) in [5, 5.41) is 6.81. The minimum absolute atomic E-state index is 0.224. The van der Waals surface area contributed by atoms with Crippen LogP contribution < -0.4 is 15.5 Å². The van der Waals surface area contributed by atoms with Gasteiger partial charge in [0, 0.05) is 4.88 Å². The first-order valence-corrected chi connectivity index (χ1v) is 13.4. The summed E-state index contributed by atoms with van der Waals surface area (Å²) in [4.78, 5) is 38.6. The van der Waals surface area contributed by atoms with Crippen molar-refractivity contribution in [3.63, 3.8) is 0 Å². The predicted octanol–water partition coefficient (Wildman–Crippen LogP) is 5.03. The quantitative estimate of drug-likeness (QED) is 0.183. The van der Waals surface area contributed by atoms with Gasteiger partial charge in [-0.1, -0.05) is 36.8 Å². The van der Waals surface area contributed by atoms with Crippen molar-refractivity contribution in [3.05, 3.63) is 81.2 Å². The highest BCUT2D eigenvalue weighted by atomic mass is 32.1. The lowest BCUT2D eigenvalue weighted by atomic mass is 9.88. The first kappa shape index (κ1) is 27.1. The molecule has 2 aromatic carbocycles. The largest absolute Gasteiger partial charge is 0.489 e. The summed E-state index contributed by atoms with van der Waals surface area (Å²) in [6.45, 7) is 6.61. The summed E-state index contributed by atoms with van der Waals surface area (Å²) in [5.41, 5.74) is 6.49. The summed E-state index contributed by atoms with van der Waals surface area (Å²) < 4.78 is 11.0. The van der Waals surface area contributed by atoms with E-state index in [9.17, 15) is 14.4 Å². The highest BCUT2D eigenvalue weighted by Crippen LogP contribution is 2.40. The van der Waals surface area contributed by atoms with E-state index in [-0.39, 0.29) is 6.61 Å². The number of thiophene rings is 1. The molecule has 1 aromatic heterocycles. The Balaban J connectivity index is 1.32. The second kappa shape index (κ2) is 12.5. The summed E-state index contributed by atoms with van der Waals surface area (Å²) in [5.74, 6) is -1.13. The van der Waals surface area contributed by atoms with Gasteiger partial charge in [0.1, 0.15) is 17.4 Å². The van der Waals surface area contributed by atoms with Crippen LogP contribution in [0.25, 0.3) is 0 Å². The molecule has 0 aliphatic heterocycles. The van der Waals surface area contributed by atoms with Gasteiger partial charge in [-0.2, -0.15) is 5.10 Å². The Bertz CT molecular complexity index is 1330. The molecular formula is C29H31N3O5S. The van der Waals surface area contributed by atoms with Gasteiger partial charge >= 0.3 is 17.8 Å². The lowest BCUT2D eigenvalue weighted by Gasteiger charge is -2.18. The van der Waals surface area contributed by atoms with Crippen LogP contribution in [0, 0.1) is 12.8 Å². The second-order valence-electron chi connectivity index (χ2n) is 9.27. The minimum Gasteiger partial charge on any atom is -0.489 e. The average Bonchev–Trinajstić information content (AvgIpc) is 3.26. The molecule has 3 aromatic rings. The molecule has 0 saturated carbocycles. The van der Waals surface area contributed by atoms with Gasteiger partial charge < -0.3 is 14.8 Å². The van der Waals surface area contributed by atoms with Crippen molar-refractivity contribution in [3.8, 4) is 5.75 Å². The van der Waals surface area contributed by atoms with Crippen molar-refractivity contribution in [2.45, 2.75) is 46.6 Å². The van der Waals surface area contributed by atoms with E-state index in [1.807, 2.05) is 31.2 Å². The van der Waals surface area contributed by atoms with Gasteiger partial charge in [-0.3, -0.25) is 9.59 Å². The number of carbonyl (C=O) groups excluding carboxylic acids is 3. The number of hydrogen-bond donors (Lipinski definition) is 2. The summed E-state index contributed by atoms with van der Waals surface area (Å²) in [6.07, 6.45) is 3.96.